The molecule has 5 nitrogen and oxygen atoms in total. The maximum atomic E-state index is 10.8. The Morgan fingerprint density at radius 3 is 2.88 bits per heavy atom. The molecule has 0 saturated heterocycles. The molecule has 1 aromatic rings. The monoisotopic (exact) mass is 353 g/mol. The van der Waals surface area contributed by atoms with Gasteiger partial charge < -0.3 is 14.6 Å². The van der Waals surface area contributed by atoms with Crippen LogP contribution in [0.15, 0.2) is 72.6 Å². The topological polar surface area (TPSA) is 67.8 Å². The average molecular weight is 353 g/mol. The van der Waals surface area contributed by atoms with Gasteiger partial charge in [0.15, 0.2) is 5.76 Å². The van der Waals surface area contributed by atoms with Crippen LogP contribution < -0.4 is 5.32 Å². The van der Waals surface area contributed by atoms with E-state index in [1.807, 2.05) is 18.2 Å². The average Bonchev–Trinajstić information content (AvgIpc) is 2.69. The zero-order chi connectivity index (χ0) is 18.2. The Kier molecular flexibility index (Phi) is 6.28. The van der Waals surface area contributed by atoms with Crippen molar-refractivity contribution in [3.63, 3.8) is 0 Å². The van der Waals surface area contributed by atoms with Crippen LogP contribution in [0.2, 0.25) is 0 Å². The molecule has 0 fully saturated rings. The van der Waals surface area contributed by atoms with E-state index in [9.17, 15) is 4.79 Å². The molecule has 1 aliphatic heterocycles. The lowest BCUT2D eigenvalue weighted by molar-refractivity contribution is -0.136. The molecule has 1 aromatic carbocycles. The highest BCUT2D eigenvalue weighted by atomic mass is 16.5. The summed E-state index contributed by atoms with van der Waals surface area (Å²) in [5.74, 6) is -0.0450. The highest BCUT2D eigenvalue weighted by Gasteiger charge is 2.22. The number of carboxylic acid groups (broad SMARTS) is 1. The largest absolute Gasteiger partial charge is 0.481 e. The maximum Gasteiger partial charge on any atom is 0.303 e. The Morgan fingerprint density at radius 2 is 2.15 bits per heavy atom. The molecule has 3 rings (SSSR count). The number of carboxylic acids is 1. The lowest BCUT2D eigenvalue weighted by Gasteiger charge is -2.25. The molecule has 1 atom stereocenters. The number of carbonyl (C=O) groups is 1. The number of rotatable bonds is 8. The van der Waals surface area contributed by atoms with Gasteiger partial charge in [-0.05, 0) is 36.0 Å². The Balaban J connectivity index is 1.68. The second-order valence-electron chi connectivity index (χ2n) is 6.28. The number of benzene rings is 1. The number of hydrogen-bond acceptors (Lipinski definition) is 4. The summed E-state index contributed by atoms with van der Waals surface area (Å²) < 4.78 is 10.9. The number of hydrogen-bond donors (Lipinski definition) is 2. The van der Waals surface area contributed by atoms with Crippen LogP contribution in [0.25, 0.3) is 0 Å². The van der Waals surface area contributed by atoms with Crippen molar-refractivity contribution < 1.29 is 19.4 Å². The fraction of sp³-hybridized carbons (Fsp3) is 0.286. The molecule has 136 valence electrons. The standard InChI is InChI=1S/C21H23NO4/c23-20(24)10-9-16-5-4-6-17(13-16)14-22-21(18-7-2-1-3-8-18)19-15-25-11-12-26-19/h1-2,4-7,11-13,15,21-22H,3,8-10,14H2,(H,23,24). The third-order valence-electron chi connectivity index (χ3n) is 4.35. The van der Waals surface area contributed by atoms with E-state index in [4.69, 9.17) is 14.6 Å². The smallest absolute Gasteiger partial charge is 0.303 e. The number of nitrogens with one attached hydrogen (secondary N) is 1. The summed E-state index contributed by atoms with van der Waals surface area (Å²) in [6.07, 6.45) is 13.7. The first-order valence-electron chi connectivity index (χ1n) is 8.78. The van der Waals surface area contributed by atoms with Gasteiger partial charge in [-0.2, -0.15) is 0 Å². The van der Waals surface area contributed by atoms with Gasteiger partial charge in [0.1, 0.15) is 18.8 Å². The van der Waals surface area contributed by atoms with E-state index in [1.165, 1.54) is 18.1 Å². The van der Waals surface area contributed by atoms with E-state index >= 15 is 0 Å². The lowest BCUT2D eigenvalue weighted by atomic mass is 9.96. The summed E-state index contributed by atoms with van der Waals surface area (Å²) in [6.45, 7) is 0.650. The molecule has 0 amide bonds. The summed E-state index contributed by atoms with van der Waals surface area (Å²) in [4.78, 5) is 10.8. The molecule has 1 aliphatic carbocycles. The van der Waals surface area contributed by atoms with Gasteiger partial charge in [-0.3, -0.25) is 10.1 Å². The molecule has 2 N–H and O–H groups in total. The Hall–Kier alpha value is -2.79. The summed E-state index contributed by atoms with van der Waals surface area (Å²) in [6, 6.07) is 7.95. The van der Waals surface area contributed by atoms with Gasteiger partial charge in [0.05, 0.1) is 6.04 Å². The Bertz CT molecular complexity index is 761. The molecule has 0 spiro atoms. The fourth-order valence-electron chi connectivity index (χ4n) is 3.05. The van der Waals surface area contributed by atoms with E-state index in [-0.39, 0.29) is 12.5 Å². The Morgan fingerprint density at radius 1 is 1.27 bits per heavy atom. The molecular weight excluding hydrogens is 330 g/mol. The summed E-state index contributed by atoms with van der Waals surface area (Å²) in [5, 5.41) is 12.4. The first-order valence-corrected chi connectivity index (χ1v) is 8.78. The van der Waals surface area contributed by atoms with Gasteiger partial charge in [0.25, 0.3) is 0 Å². The van der Waals surface area contributed by atoms with Gasteiger partial charge in [-0.15, -0.1) is 0 Å². The minimum Gasteiger partial charge on any atom is -0.481 e. The molecule has 26 heavy (non-hydrogen) atoms. The molecule has 0 aromatic heterocycles. The molecule has 1 unspecified atom stereocenters. The van der Waals surface area contributed by atoms with E-state index < -0.39 is 5.97 Å². The second kappa shape index (κ2) is 9.06. The lowest BCUT2D eigenvalue weighted by Crippen LogP contribution is -2.34. The normalized spacial score (nSPS) is 16.9. The molecule has 1 heterocycles. The summed E-state index contributed by atoms with van der Waals surface area (Å²) in [5.41, 5.74) is 3.39. The molecule has 2 aliphatic rings. The van der Waals surface area contributed by atoms with Crippen molar-refractivity contribution in [3.8, 4) is 0 Å². The zero-order valence-electron chi connectivity index (χ0n) is 14.6. The first-order chi connectivity index (χ1) is 12.7. The van der Waals surface area contributed by atoms with Crippen LogP contribution in [0.3, 0.4) is 0 Å². The minimum atomic E-state index is -0.777. The van der Waals surface area contributed by atoms with Crippen molar-refractivity contribution >= 4 is 5.97 Å². The van der Waals surface area contributed by atoms with Crippen molar-refractivity contribution in [2.45, 2.75) is 38.3 Å². The highest BCUT2D eigenvalue weighted by molar-refractivity contribution is 5.67. The quantitative estimate of drug-likeness (QED) is 0.744. The van der Waals surface area contributed by atoms with Gasteiger partial charge in [0, 0.05) is 13.0 Å². The Labute approximate surface area is 153 Å². The van der Waals surface area contributed by atoms with Crippen LogP contribution in [0, 0.1) is 0 Å². The summed E-state index contributed by atoms with van der Waals surface area (Å²) in [7, 11) is 0. The molecular formula is C21H23NO4. The van der Waals surface area contributed by atoms with Crippen molar-refractivity contribution in [2.75, 3.05) is 0 Å². The van der Waals surface area contributed by atoms with Gasteiger partial charge in [-0.1, -0.05) is 42.5 Å². The summed E-state index contributed by atoms with van der Waals surface area (Å²) >= 11 is 0. The third kappa shape index (κ3) is 5.10. The molecule has 5 heteroatoms. The molecule has 0 radical (unpaired) electrons. The second-order valence-corrected chi connectivity index (χ2v) is 6.28. The van der Waals surface area contributed by atoms with Crippen molar-refractivity contribution in [1.29, 1.82) is 0 Å². The van der Waals surface area contributed by atoms with Crippen LogP contribution in [0.1, 0.15) is 30.4 Å². The van der Waals surface area contributed by atoms with Gasteiger partial charge in [0.2, 0.25) is 0 Å². The number of ether oxygens (including phenoxy) is 2. The van der Waals surface area contributed by atoms with E-state index in [0.29, 0.717) is 13.0 Å². The van der Waals surface area contributed by atoms with Crippen LogP contribution in [-0.2, 0) is 27.2 Å². The maximum absolute atomic E-state index is 10.8. The highest BCUT2D eigenvalue weighted by Crippen LogP contribution is 2.24. The number of allylic oxidation sites excluding steroid dienone is 3. The number of aliphatic carboxylic acids is 1. The van der Waals surface area contributed by atoms with Crippen LogP contribution in [0.5, 0.6) is 0 Å². The predicted octanol–water partition coefficient (Wildman–Crippen LogP) is 3.80. The third-order valence-corrected chi connectivity index (χ3v) is 4.35. The van der Waals surface area contributed by atoms with Crippen molar-refractivity contribution in [2.24, 2.45) is 0 Å². The number of aryl methyl sites for hydroxylation is 1. The molecule has 0 bridgehead atoms. The van der Waals surface area contributed by atoms with E-state index in [1.54, 1.807) is 6.26 Å². The van der Waals surface area contributed by atoms with Crippen LogP contribution >= 0.6 is 0 Å². The molecule has 0 saturated carbocycles. The van der Waals surface area contributed by atoms with Crippen molar-refractivity contribution in [3.05, 3.63) is 83.7 Å². The van der Waals surface area contributed by atoms with E-state index in [0.717, 1.165) is 29.7 Å². The van der Waals surface area contributed by atoms with Gasteiger partial charge in [-0.25, -0.2) is 0 Å². The first kappa shape index (κ1) is 18.0. The minimum absolute atomic E-state index is 0.0624. The van der Waals surface area contributed by atoms with Crippen LogP contribution in [-0.4, -0.2) is 17.1 Å². The van der Waals surface area contributed by atoms with E-state index in [2.05, 4.69) is 29.6 Å². The van der Waals surface area contributed by atoms with Crippen LogP contribution in [0.4, 0.5) is 0 Å². The van der Waals surface area contributed by atoms with Crippen molar-refractivity contribution in [1.82, 2.24) is 5.32 Å². The SMILES string of the molecule is O=C(O)CCc1cccc(CNC(C2=CC=CCC2)C2=COC=CO2)c1. The fourth-order valence-corrected chi connectivity index (χ4v) is 3.05. The zero-order valence-corrected chi connectivity index (χ0v) is 14.6. The predicted molar refractivity (Wildman–Crippen MR) is 98.9 cm³/mol. The van der Waals surface area contributed by atoms with Gasteiger partial charge >= 0.3 is 5.97 Å².